The van der Waals surface area contributed by atoms with Crippen LogP contribution in [0.15, 0.2) is 29.2 Å². The zero-order valence-electron chi connectivity index (χ0n) is 8.58. The molecule has 0 spiro atoms. The van der Waals surface area contributed by atoms with E-state index in [2.05, 4.69) is 0 Å². The van der Waals surface area contributed by atoms with Crippen LogP contribution >= 0.6 is 33.9 Å². The van der Waals surface area contributed by atoms with E-state index in [9.17, 15) is 8.42 Å². The van der Waals surface area contributed by atoms with Crippen LogP contribution < -0.4 is 0 Å². The molecule has 0 unspecified atom stereocenters. The fourth-order valence-corrected chi connectivity index (χ4v) is 2.67. The third-order valence-electron chi connectivity index (χ3n) is 2.07. The number of rotatable bonds is 4. The van der Waals surface area contributed by atoms with E-state index in [4.69, 9.17) is 33.9 Å². The Morgan fingerprint density at radius 2 is 1.81 bits per heavy atom. The molecule has 1 aromatic carbocycles. The lowest BCUT2D eigenvalue weighted by molar-refractivity contribution is 0.607. The fourth-order valence-electron chi connectivity index (χ4n) is 1.30. The van der Waals surface area contributed by atoms with Crippen molar-refractivity contribution in [1.29, 1.82) is 0 Å². The molecule has 0 aromatic heterocycles. The van der Waals surface area contributed by atoms with Gasteiger partial charge in [-0.2, -0.15) is 0 Å². The number of alkyl halides is 2. The summed E-state index contributed by atoms with van der Waals surface area (Å²) in [6, 6.07) is 6.55. The van der Waals surface area contributed by atoms with E-state index in [-0.39, 0.29) is 4.90 Å². The molecule has 0 N–H and O–H groups in total. The summed E-state index contributed by atoms with van der Waals surface area (Å²) in [5.74, 6) is 0. The van der Waals surface area contributed by atoms with Crippen molar-refractivity contribution in [3.05, 3.63) is 29.8 Å². The van der Waals surface area contributed by atoms with Crippen molar-refractivity contribution in [2.45, 2.75) is 29.0 Å². The van der Waals surface area contributed by atoms with Gasteiger partial charge in [0, 0.05) is 10.7 Å². The van der Waals surface area contributed by atoms with Crippen molar-refractivity contribution < 1.29 is 8.42 Å². The van der Waals surface area contributed by atoms with Crippen molar-refractivity contribution in [2.24, 2.45) is 0 Å². The highest BCUT2D eigenvalue weighted by molar-refractivity contribution is 8.13. The second-order valence-corrected chi connectivity index (χ2v) is 8.01. The monoisotopic (exact) mass is 300 g/mol. The quantitative estimate of drug-likeness (QED) is 0.627. The predicted molar refractivity (Wildman–Crippen MR) is 67.9 cm³/mol. The average molecular weight is 302 g/mol. The molecule has 0 saturated carbocycles. The summed E-state index contributed by atoms with van der Waals surface area (Å²) in [5.41, 5.74) is 0.630. The number of aryl methyl sites for hydroxylation is 1. The van der Waals surface area contributed by atoms with Gasteiger partial charge in [0.1, 0.15) is 4.33 Å². The zero-order valence-corrected chi connectivity index (χ0v) is 11.7. The lowest BCUT2D eigenvalue weighted by atomic mass is 10.1. The number of hydrogen-bond acceptors (Lipinski definition) is 2. The maximum atomic E-state index is 11.3. The first kappa shape index (κ1) is 14.1. The summed E-state index contributed by atoms with van der Waals surface area (Å²) < 4.78 is 21.7. The first-order valence-corrected chi connectivity index (χ1v) is 7.67. The highest BCUT2D eigenvalue weighted by atomic mass is 35.7. The molecule has 0 aliphatic rings. The van der Waals surface area contributed by atoms with E-state index in [1.165, 1.54) is 6.07 Å². The van der Waals surface area contributed by atoms with E-state index in [1.54, 1.807) is 25.1 Å². The Bertz CT molecular complexity index is 463. The Labute approximate surface area is 110 Å². The highest BCUT2D eigenvalue weighted by Gasteiger charge is 2.19. The summed E-state index contributed by atoms with van der Waals surface area (Å²) in [4.78, 5) is 0.120. The Hall–Kier alpha value is 0.0400. The van der Waals surface area contributed by atoms with Gasteiger partial charge >= 0.3 is 0 Å². The van der Waals surface area contributed by atoms with Gasteiger partial charge in [-0.25, -0.2) is 8.42 Å². The molecular formula is C10H11Cl3O2S. The molecule has 0 bridgehead atoms. The maximum absolute atomic E-state index is 11.3. The van der Waals surface area contributed by atoms with Crippen LogP contribution in [-0.2, 0) is 15.5 Å². The molecule has 0 amide bonds. The third kappa shape index (κ3) is 4.50. The van der Waals surface area contributed by atoms with Gasteiger partial charge in [0.2, 0.25) is 0 Å². The van der Waals surface area contributed by atoms with Crippen LogP contribution in [0.4, 0.5) is 0 Å². The van der Waals surface area contributed by atoms with E-state index in [1.807, 2.05) is 0 Å². The standard InChI is InChI=1S/C10H11Cl3O2S/c1-10(11,12)7-6-8-4-2-3-5-9(8)16(13,14)15/h2-5H,6-7H2,1H3. The minimum absolute atomic E-state index is 0.120. The third-order valence-corrected chi connectivity index (χ3v) is 3.87. The number of hydrogen-bond donors (Lipinski definition) is 0. The summed E-state index contributed by atoms with van der Waals surface area (Å²) in [5, 5.41) is 0. The molecule has 0 atom stereocenters. The normalized spacial score (nSPS) is 12.8. The summed E-state index contributed by atoms with van der Waals surface area (Å²) in [6.07, 6.45) is 0.922. The molecule has 0 radical (unpaired) electrons. The second kappa shape index (κ2) is 5.13. The van der Waals surface area contributed by atoms with Gasteiger partial charge in [0.05, 0.1) is 4.90 Å². The maximum Gasteiger partial charge on any atom is 0.261 e. The zero-order chi connectivity index (χ0) is 12.4. The minimum Gasteiger partial charge on any atom is -0.207 e. The Kier molecular flexibility index (Phi) is 4.52. The van der Waals surface area contributed by atoms with Crippen molar-refractivity contribution in [3.8, 4) is 0 Å². The molecule has 0 aliphatic carbocycles. The van der Waals surface area contributed by atoms with Gasteiger partial charge < -0.3 is 0 Å². The van der Waals surface area contributed by atoms with Crippen molar-refractivity contribution in [2.75, 3.05) is 0 Å². The molecular weight excluding hydrogens is 291 g/mol. The molecule has 2 nitrogen and oxygen atoms in total. The molecule has 0 fully saturated rings. The van der Waals surface area contributed by atoms with Crippen LogP contribution in [-0.4, -0.2) is 12.8 Å². The van der Waals surface area contributed by atoms with Crippen LogP contribution in [0.25, 0.3) is 0 Å². The Balaban J connectivity index is 2.97. The lowest BCUT2D eigenvalue weighted by Gasteiger charge is -2.13. The number of benzene rings is 1. The van der Waals surface area contributed by atoms with Gasteiger partial charge in [-0.15, -0.1) is 23.2 Å². The van der Waals surface area contributed by atoms with Gasteiger partial charge in [0.15, 0.2) is 0 Å². The topological polar surface area (TPSA) is 34.1 Å². The molecule has 0 aliphatic heterocycles. The van der Waals surface area contributed by atoms with E-state index in [0.29, 0.717) is 18.4 Å². The molecule has 6 heteroatoms. The first-order chi connectivity index (χ1) is 7.20. The van der Waals surface area contributed by atoms with Gasteiger partial charge in [0.25, 0.3) is 9.05 Å². The van der Waals surface area contributed by atoms with Crippen molar-refractivity contribution >= 4 is 42.9 Å². The van der Waals surface area contributed by atoms with E-state index >= 15 is 0 Å². The van der Waals surface area contributed by atoms with Crippen LogP contribution in [0.1, 0.15) is 18.9 Å². The van der Waals surface area contributed by atoms with E-state index in [0.717, 1.165) is 0 Å². The van der Waals surface area contributed by atoms with Crippen LogP contribution in [0, 0.1) is 0 Å². The predicted octanol–water partition coefficient (Wildman–Crippen LogP) is 3.74. The van der Waals surface area contributed by atoms with Gasteiger partial charge in [-0.3, -0.25) is 0 Å². The SMILES string of the molecule is CC(Cl)(Cl)CCc1ccccc1S(=O)(=O)Cl. The summed E-state index contributed by atoms with van der Waals surface area (Å²) >= 11 is 11.7. The van der Waals surface area contributed by atoms with Gasteiger partial charge in [-0.1, -0.05) is 18.2 Å². The molecule has 90 valence electrons. The Morgan fingerprint density at radius 1 is 1.25 bits per heavy atom. The van der Waals surface area contributed by atoms with Crippen molar-refractivity contribution in [1.82, 2.24) is 0 Å². The van der Waals surface area contributed by atoms with Crippen LogP contribution in [0.3, 0.4) is 0 Å². The van der Waals surface area contributed by atoms with Gasteiger partial charge in [-0.05, 0) is 31.4 Å². The highest BCUT2D eigenvalue weighted by Crippen LogP contribution is 2.28. The first-order valence-electron chi connectivity index (χ1n) is 4.60. The molecule has 16 heavy (non-hydrogen) atoms. The second-order valence-electron chi connectivity index (χ2n) is 3.62. The fraction of sp³-hybridized carbons (Fsp3) is 0.400. The Morgan fingerprint density at radius 3 is 2.31 bits per heavy atom. The largest absolute Gasteiger partial charge is 0.261 e. The molecule has 0 saturated heterocycles. The average Bonchev–Trinajstić information content (AvgIpc) is 2.12. The van der Waals surface area contributed by atoms with E-state index < -0.39 is 13.4 Å². The smallest absolute Gasteiger partial charge is 0.207 e. The lowest BCUT2D eigenvalue weighted by Crippen LogP contribution is -2.09. The summed E-state index contributed by atoms with van der Waals surface area (Å²) in [6.45, 7) is 1.66. The molecule has 0 heterocycles. The minimum atomic E-state index is -3.72. The van der Waals surface area contributed by atoms with Crippen LogP contribution in [0.5, 0.6) is 0 Å². The molecule has 1 rings (SSSR count). The van der Waals surface area contributed by atoms with Crippen molar-refractivity contribution in [3.63, 3.8) is 0 Å². The molecule has 1 aromatic rings. The van der Waals surface area contributed by atoms with Crippen LogP contribution in [0.2, 0.25) is 0 Å². The summed E-state index contributed by atoms with van der Waals surface area (Å²) in [7, 11) is 1.60. The number of halogens is 3.